The van der Waals surface area contributed by atoms with Gasteiger partial charge in [-0.25, -0.2) is 4.39 Å². The Bertz CT molecular complexity index is 603. The van der Waals surface area contributed by atoms with Gasteiger partial charge in [0.2, 0.25) is 0 Å². The number of benzene rings is 1. The molecule has 1 aromatic carbocycles. The molecule has 0 bridgehead atoms. The molecule has 3 rings (SSSR count). The van der Waals surface area contributed by atoms with E-state index in [1.165, 1.54) is 12.1 Å². The van der Waals surface area contributed by atoms with Crippen molar-refractivity contribution in [1.29, 1.82) is 0 Å². The summed E-state index contributed by atoms with van der Waals surface area (Å²) in [5.41, 5.74) is 0.0748. The third-order valence-electron chi connectivity index (χ3n) is 5.02. The van der Waals surface area contributed by atoms with Gasteiger partial charge in [0.05, 0.1) is 30.3 Å². The molecule has 1 spiro atoms. The fourth-order valence-electron chi connectivity index (χ4n) is 3.67. The Kier molecular flexibility index (Phi) is 5.13. The summed E-state index contributed by atoms with van der Waals surface area (Å²) < 4.78 is 30.6. The second-order valence-corrected chi connectivity index (χ2v) is 6.94. The molecule has 1 aromatic rings. The summed E-state index contributed by atoms with van der Waals surface area (Å²) >= 11 is 5.75. The van der Waals surface area contributed by atoms with Crippen molar-refractivity contribution >= 4 is 17.6 Å². The SMILES string of the molecule is CCOC(=O)C1(Cc2ccc(Cl)c(F)c2)CCC2(CC1)OCCO2. The normalized spacial score (nSPS) is 21.8. The van der Waals surface area contributed by atoms with Crippen molar-refractivity contribution in [2.75, 3.05) is 19.8 Å². The van der Waals surface area contributed by atoms with Gasteiger partial charge in [-0.15, -0.1) is 0 Å². The van der Waals surface area contributed by atoms with Crippen LogP contribution in [0.1, 0.15) is 38.2 Å². The van der Waals surface area contributed by atoms with Gasteiger partial charge >= 0.3 is 5.97 Å². The molecule has 1 aliphatic carbocycles. The summed E-state index contributed by atoms with van der Waals surface area (Å²) in [6.45, 7) is 3.30. The van der Waals surface area contributed by atoms with Crippen LogP contribution < -0.4 is 0 Å². The van der Waals surface area contributed by atoms with Crippen molar-refractivity contribution in [3.05, 3.63) is 34.6 Å². The van der Waals surface area contributed by atoms with Crippen molar-refractivity contribution in [1.82, 2.24) is 0 Å². The lowest BCUT2D eigenvalue weighted by molar-refractivity contribution is -0.199. The third kappa shape index (κ3) is 3.44. The Morgan fingerprint density at radius 3 is 2.50 bits per heavy atom. The van der Waals surface area contributed by atoms with E-state index in [0.717, 1.165) is 5.56 Å². The maximum atomic E-state index is 13.8. The smallest absolute Gasteiger partial charge is 0.312 e. The molecular formula is C18H22ClFO4. The van der Waals surface area contributed by atoms with E-state index in [1.54, 1.807) is 13.0 Å². The minimum atomic E-state index is -0.670. The van der Waals surface area contributed by atoms with Crippen LogP contribution in [0.3, 0.4) is 0 Å². The lowest BCUT2D eigenvalue weighted by atomic mass is 9.68. The molecule has 6 heteroatoms. The van der Waals surface area contributed by atoms with Crippen LogP contribution in [0.5, 0.6) is 0 Å². The van der Waals surface area contributed by atoms with Gasteiger partial charge in [0, 0.05) is 12.8 Å². The first kappa shape index (κ1) is 17.6. The lowest BCUT2D eigenvalue weighted by Crippen LogP contribution is -2.45. The Balaban J connectivity index is 1.81. The molecule has 0 unspecified atom stereocenters. The Labute approximate surface area is 146 Å². The Hall–Kier alpha value is -1.17. The van der Waals surface area contributed by atoms with Crippen molar-refractivity contribution in [3.63, 3.8) is 0 Å². The molecule has 0 amide bonds. The molecule has 2 aliphatic rings. The number of carbonyl (C=O) groups excluding carboxylic acids is 1. The second kappa shape index (κ2) is 6.98. The largest absolute Gasteiger partial charge is 0.466 e. The van der Waals surface area contributed by atoms with Crippen molar-refractivity contribution in [3.8, 4) is 0 Å². The molecule has 1 heterocycles. The van der Waals surface area contributed by atoms with Crippen LogP contribution >= 0.6 is 11.6 Å². The minimum absolute atomic E-state index is 0.0827. The highest BCUT2D eigenvalue weighted by atomic mass is 35.5. The zero-order chi connectivity index (χ0) is 17.2. The number of halogens is 2. The number of hydrogen-bond acceptors (Lipinski definition) is 4. The highest BCUT2D eigenvalue weighted by Crippen LogP contribution is 2.47. The predicted octanol–water partition coefficient (Wildman–Crippen LogP) is 3.89. The van der Waals surface area contributed by atoms with E-state index >= 15 is 0 Å². The number of hydrogen-bond donors (Lipinski definition) is 0. The molecule has 1 aliphatic heterocycles. The Morgan fingerprint density at radius 2 is 1.92 bits per heavy atom. The summed E-state index contributed by atoms with van der Waals surface area (Å²) in [6, 6.07) is 4.69. The van der Waals surface area contributed by atoms with E-state index in [4.69, 9.17) is 25.8 Å². The number of ether oxygens (including phenoxy) is 3. The minimum Gasteiger partial charge on any atom is -0.466 e. The zero-order valence-electron chi connectivity index (χ0n) is 13.8. The van der Waals surface area contributed by atoms with E-state index < -0.39 is 17.0 Å². The Morgan fingerprint density at radius 1 is 1.25 bits per heavy atom. The molecule has 4 nitrogen and oxygen atoms in total. The van der Waals surface area contributed by atoms with Crippen molar-refractivity contribution in [2.45, 2.75) is 44.8 Å². The fraction of sp³-hybridized carbons (Fsp3) is 0.611. The van der Waals surface area contributed by atoms with Crippen LogP contribution in [0.4, 0.5) is 4.39 Å². The molecule has 2 fully saturated rings. The summed E-state index contributed by atoms with van der Waals surface area (Å²) in [5, 5.41) is 0.0827. The zero-order valence-corrected chi connectivity index (χ0v) is 14.5. The number of esters is 1. The average molecular weight is 357 g/mol. The standard InChI is InChI=1S/C18H22ClFO4/c1-2-22-16(21)17(12-13-3-4-14(19)15(20)11-13)5-7-18(8-6-17)23-9-10-24-18/h3-4,11H,2,5-10,12H2,1H3. The van der Waals surface area contributed by atoms with Crippen LogP contribution in [-0.4, -0.2) is 31.6 Å². The van der Waals surface area contributed by atoms with Gasteiger partial charge in [0.1, 0.15) is 5.82 Å². The molecule has 24 heavy (non-hydrogen) atoms. The molecule has 132 valence electrons. The third-order valence-corrected chi connectivity index (χ3v) is 5.32. The highest BCUT2D eigenvalue weighted by Gasteiger charge is 2.50. The van der Waals surface area contributed by atoms with Gasteiger partial charge in [0.25, 0.3) is 0 Å². The van der Waals surface area contributed by atoms with Crippen molar-refractivity contribution < 1.29 is 23.4 Å². The van der Waals surface area contributed by atoms with E-state index in [2.05, 4.69) is 0 Å². The first-order valence-corrected chi connectivity index (χ1v) is 8.75. The monoisotopic (exact) mass is 356 g/mol. The fourth-order valence-corrected chi connectivity index (χ4v) is 3.79. The quantitative estimate of drug-likeness (QED) is 0.768. The van der Waals surface area contributed by atoms with Crippen LogP contribution in [0.15, 0.2) is 18.2 Å². The van der Waals surface area contributed by atoms with Crippen LogP contribution in [0.25, 0.3) is 0 Å². The van der Waals surface area contributed by atoms with Crippen LogP contribution in [0, 0.1) is 11.2 Å². The molecule has 0 aromatic heterocycles. The van der Waals surface area contributed by atoms with Crippen LogP contribution in [0.2, 0.25) is 5.02 Å². The maximum Gasteiger partial charge on any atom is 0.312 e. The second-order valence-electron chi connectivity index (χ2n) is 6.53. The van der Waals surface area contributed by atoms with Gasteiger partial charge in [-0.3, -0.25) is 4.79 Å². The van der Waals surface area contributed by atoms with Gasteiger partial charge in [-0.2, -0.15) is 0 Å². The maximum absolute atomic E-state index is 13.8. The number of rotatable bonds is 4. The molecule has 0 atom stereocenters. The van der Waals surface area contributed by atoms with E-state index in [0.29, 0.717) is 51.9 Å². The summed E-state index contributed by atoms with van der Waals surface area (Å²) in [6.07, 6.45) is 2.89. The van der Waals surface area contributed by atoms with Gasteiger partial charge in [-0.05, 0) is 43.9 Å². The van der Waals surface area contributed by atoms with E-state index in [1.807, 2.05) is 0 Å². The lowest BCUT2D eigenvalue weighted by Gasteiger charge is -2.42. The van der Waals surface area contributed by atoms with Gasteiger partial charge < -0.3 is 14.2 Å². The summed E-state index contributed by atoms with van der Waals surface area (Å²) in [7, 11) is 0. The number of carbonyl (C=O) groups is 1. The first-order valence-electron chi connectivity index (χ1n) is 8.38. The van der Waals surface area contributed by atoms with Gasteiger partial charge in [0.15, 0.2) is 5.79 Å². The van der Waals surface area contributed by atoms with E-state index in [-0.39, 0.29) is 11.0 Å². The summed E-state index contributed by atoms with van der Waals surface area (Å²) in [5.74, 6) is -1.25. The average Bonchev–Trinajstić information content (AvgIpc) is 3.02. The first-order chi connectivity index (χ1) is 11.5. The molecule has 0 radical (unpaired) electrons. The topological polar surface area (TPSA) is 44.8 Å². The molecular weight excluding hydrogens is 335 g/mol. The predicted molar refractivity (Wildman–Crippen MR) is 87.3 cm³/mol. The molecule has 1 saturated heterocycles. The van der Waals surface area contributed by atoms with Crippen LogP contribution in [-0.2, 0) is 25.4 Å². The van der Waals surface area contributed by atoms with Crippen molar-refractivity contribution in [2.24, 2.45) is 5.41 Å². The summed E-state index contributed by atoms with van der Waals surface area (Å²) in [4.78, 5) is 12.7. The molecule has 1 saturated carbocycles. The van der Waals surface area contributed by atoms with E-state index in [9.17, 15) is 9.18 Å². The highest BCUT2D eigenvalue weighted by molar-refractivity contribution is 6.30. The molecule has 0 N–H and O–H groups in total. The van der Waals surface area contributed by atoms with Gasteiger partial charge in [-0.1, -0.05) is 17.7 Å².